The van der Waals surface area contributed by atoms with E-state index in [4.69, 9.17) is 9.52 Å². The van der Waals surface area contributed by atoms with E-state index in [1.807, 2.05) is 0 Å². The second-order valence-electron chi connectivity index (χ2n) is 4.34. The van der Waals surface area contributed by atoms with Gasteiger partial charge in [-0.2, -0.15) is 0 Å². The maximum Gasteiger partial charge on any atom is 0.346 e. The Morgan fingerprint density at radius 1 is 1.38 bits per heavy atom. The number of thiazole rings is 1. The molecule has 3 aromatic rings. The monoisotopic (exact) mass is 305 g/mol. The number of nitrogens with zero attached hydrogens (tertiary/aromatic N) is 1. The molecule has 3 rings (SSSR count). The smallest absolute Gasteiger partial charge is 0.346 e. The highest BCUT2D eigenvalue weighted by atomic mass is 32.1. The van der Waals surface area contributed by atoms with Crippen molar-refractivity contribution in [2.45, 2.75) is 6.42 Å². The van der Waals surface area contributed by atoms with Gasteiger partial charge in [-0.1, -0.05) is 0 Å². The number of aliphatic carboxylic acids is 1. The quantitative estimate of drug-likeness (QED) is 0.752. The van der Waals surface area contributed by atoms with Gasteiger partial charge in [0.05, 0.1) is 17.7 Å². The van der Waals surface area contributed by atoms with Crippen LogP contribution in [0.15, 0.2) is 38.9 Å². The van der Waals surface area contributed by atoms with E-state index < -0.39 is 17.4 Å². The van der Waals surface area contributed by atoms with Crippen molar-refractivity contribution in [1.29, 1.82) is 0 Å². The fourth-order valence-electron chi connectivity index (χ4n) is 1.91. The molecule has 0 aliphatic carbocycles. The zero-order valence-electron chi connectivity index (χ0n) is 10.5. The molecule has 0 amide bonds. The van der Waals surface area contributed by atoms with E-state index in [-0.39, 0.29) is 17.6 Å². The van der Waals surface area contributed by atoms with E-state index in [1.54, 1.807) is 5.38 Å². The summed E-state index contributed by atoms with van der Waals surface area (Å²) in [6, 6.07) is 5.34. The minimum absolute atomic E-state index is 0.190. The van der Waals surface area contributed by atoms with Gasteiger partial charge in [0, 0.05) is 10.8 Å². The summed E-state index contributed by atoms with van der Waals surface area (Å²) in [5.41, 5.74) is 0.244. The van der Waals surface area contributed by atoms with Gasteiger partial charge in [-0.3, -0.25) is 4.79 Å². The van der Waals surface area contributed by atoms with E-state index in [2.05, 4.69) is 4.98 Å². The summed E-state index contributed by atoms with van der Waals surface area (Å²) in [6.45, 7) is 0. The van der Waals surface area contributed by atoms with Gasteiger partial charge in [0.25, 0.3) is 0 Å². The maximum absolute atomic E-state index is 13.2. The minimum atomic E-state index is -1.00. The van der Waals surface area contributed by atoms with Crippen LogP contribution in [0.1, 0.15) is 5.69 Å². The van der Waals surface area contributed by atoms with Crippen LogP contribution >= 0.6 is 11.3 Å². The first-order valence-electron chi connectivity index (χ1n) is 5.93. The molecular formula is C14H8FNO4S. The molecule has 5 nitrogen and oxygen atoms in total. The molecule has 0 atom stereocenters. The molecule has 106 valence electrons. The minimum Gasteiger partial charge on any atom is -0.481 e. The van der Waals surface area contributed by atoms with E-state index in [0.717, 1.165) is 11.3 Å². The van der Waals surface area contributed by atoms with Gasteiger partial charge >= 0.3 is 11.6 Å². The summed E-state index contributed by atoms with van der Waals surface area (Å²) in [7, 11) is 0. The molecule has 0 unspecified atom stereocenters. The lowest BCUT2D eigenvalue weighted by Crippen LogP contribution is -2.03. The Labute approximate surface area is 121 Å². The number of aromatic nitrogens is 1. The third kappa shape index (κ3) is 2.68. The lowest BCUT2D eigenvalue weighted by molar-refractivity contribution is -0.136. The van der Waals surface area contributed by atoms with Crippen LogP contribution in [-0.4, -0.2) is 16.1 Å². The molecule has 7 heteroatoms. The van der Waals surface area contributed by atoms with Crippen LogP contribution in [0.2, 0.25) is 0 Å². The van der Waals surface area contributed by atoms with Crippen LogP contribution in [0.25, 0.3) is 21.5 Å². The van der Waals surface area contributed by atoms with Crippen LogP contribution in [0, 0.1) is 5.82 Å². The Bertz CT molecular complexity index is 899. The number of hydrogen-bond acceptors (Lipinski definition) is 5. The largest absolute Gasteiger partial charge is 0.481 e. The number of rotatable bonds is 3. The predicted molar refractivity (Wildman–Crippen MR) is 74.9 cm³/mol. The summed E-state index contributed by atoms with van der Waals surface area (Å²) < 4.78 is 18.3. The first kappa shape index (κ1) is 13.4. The summed E-state index contributed by atoms with van der Waals surface area (Å²) >= 11 is 1.14. The maximum atomic E-state index is 13.2. The topological polar surface area (TPSA) is 80.4 Å². The zero-order valence-corrected chi connectivity index (χ0v) is 11.3. The highest BCUT2D eigenvalue weighted by Crippen LogP contribution is 2.24. The van der Waals surface area contributed by atoms with Crippen LogP contribution < -0.4 is 5.63 Å². The number of hydrogen-bond donors (Lipinski definition) is 1. The standard InChI is InChI=1S/C14H8FNO4S/c15-8-1-2-11-7(3-8)4-10(14(19)20-11)13-16-9(6-21-13)5-12(17)18/h1-4,6H,5H2,(H,17,18). The second kappa shape index (κ2) is 5.10. The van der Waals surface area contributed by atoms with E-state index in [1.165, 1.54) is 24.3 Å². The molecule has 0 spiro atoms. The first-order valence-corrected chi connectivity index (χ1v) is 6.81. The lowest BCUT2D eigenvalue weighted by atomic mass is 10.2. The second-order valence-corrected chi connectivity index (χ2v) is 5.20. The summed E-state index contributed by atoms with van der Waals surface area (Å²) in [6.07, 6.45) is -0.218. The third-order valence-corrected chi connectivity index (χ3v) is 3.73. The summed E-state index contributed by atoms with van der Waals surface area (Å²) in [4.78, 5) is 26.7. The first-order chi connectivity index (χ1) is 10.0. The number of halogens is 1. The number of fused-ring (bicyclic) bond motifs is 1. The van der Waals surface area contributed by atoms with Crippen molar-refractivity contribution < 1.29 is 18.7 Å². The highest BCUT2D eigenvalue weighted by molar-refractivity contribution is 7.13. The predicted octanol–water partition coefficient (Wildman–Crippen LogP) is 2.68. The van der Waals surface area contributed by atoms with Gasteiger partial charge in [0.2, 0.25) is 0 Å². The SMILES string of the molecule is O=C(O)Cc1csc(-c2cc3cc(F)ccc3oc2=O)n1. The lowest BCUT2D eigenvalue weighted by Gasteiger charge is -1.99. The van der Waals surface area contributed by atoms with Gasteiger partial charge in [-0.05, 0) is 24.3 Å². The Morgan fingerprint density at radius 3 is 2.95 bits per heavy atom. The van der Waals surface area contributed by atoms with Crippen molar-refractivity contribution in [2.75, 3.05) is 0 Å². The van der Waals surface area contributed by atoms with Gasteiger partial charge in [0.1, 0.15) is 16.4 Å². The number of carbonyl (C=O) groups is 1. The summed E-state index contributed by atoms with van der Waals surface area (Å²) in [5.74, 6) is -1.44. The Balaban J connectivity index is 2.11. The van der Waals surface area contributed by atoms with Gasteiger partial charge in [-0.15, -0.1) is 11.3 Å². The van der Waals surface area contributed by atoms with Crippen molar-refractivity contribution in [3.63, 3.8) is 0 Å². The average Bonchev–Trinajstić information content (AvgIpc) is 2.86. The van der Waals surface area contributed by atoms with Crippen LogP contribution in [-0.2, 0) is 11.2 Å². The molecule has 21 heavy (non-hydrogen) atoms. The zero-order chi connectivity index (χ0) is 15.0. The number of carboxylic acid groups (broad SMARTS) is 1. The van der Waals surface area contributed by atoms with Gasteiger partial charge in [0.15, 0.2) is 0 Å². The van der Waals surface area contributed by atoms with Crippen LogP contribution in [0.4, 0.5) is 4.39 Å². The Morgan fingerprint density at radius 2 is 2.19 bits per heavy atom. The van der Waals surface area contributed by atoms with Crippen molar-refractivity contribution in [2.24, 2.45) is 0 Å². The van der Waals surface area contributed by atoms with E-state index in [9.17, 15) is 14.0 Å². The average molecular weight is 305 g/mol. The van der Waals surface area contributed by atoms with E-state index >= 15 is 0 Å². The van der Waals surface area contributed by atoms with Crippen molar-refractivity contribution >= 4 is 28.3 Å². The van der Waals surface area contributed by atoms with Crippen molar-refractivity contribution in [3.8, 4) is 10.6 Å². The molecule has 0 bridgehead atoms. The Kier molecular flexibility index (Phi) is 3.26. The van der Waals surface area contributed by atoms with E-state index in [0.29, 0.717) is 16.1 Å². The fourth-order valence-corrected chi connectivity index (χ4v) is 2.73. The van der Waals surface area contributed by atoms with Crippen molar-refractivity contribution in [1.82, 2.24) is 4.98 Å². The molecular weight excluding hydrogens is 297 g/mol. The molecule has 0 fully saturated rings. The normalized spacial score (nSPS) is 10.9. The number of benzene rings is 1. The van der Waals surface area contributed by atoms with Crippen molar-refractivity contribution in [3.05, 3.63) is 51.6 Å². The number of carboxylic acids is 1. The highest BCUT2D eigenvalue weighted by Gasteiger charge is 2.13. The fraction of sp³-hybridized carbons (Fsp3) is 0.0714. The molecule has 2 heterocycles. The third-order valence-electron chi connectivity index (χ3n) is 2.81. The van der Waals surface area contributed by atoms with Gasteiger partial charge < -0.3 is 9.52 Å². The Hall–Kier alpha value is -2.54. The van der Waals surface area contributed by atoms with Crippen LogP contribution in [0.3, 0.4) is 0 Å². The molecule has 1 N–H and O–H groups in total. The molecule has 0 aliphatic heterocycles. The van der Waals surface area contributed by atoms with Crippen LogP contribution in [0.5, 0.6) is 0 Å². The molecule has 1 aromatic carbocycles. The molecule has 0 aliphatic rings. The van der Waals surface area contributed by atoms with Gasteiger partial charge in [-0.25, -0.2) is 14.2 Å². The molecule has 0 radical (unpaired) electrons. The molecule has 0 saturated carbocycles. The summed E-state index contributed by atoms with van der Waals surface area (Å²) in [5, 5.41) is 11.1. The molecule has 0 saturated heterocycles. The molecule has 2 aromatic heterocycles.